The number of nitriles is 1. The second-order valence-electron chi connectivity index (χ2n) is 6.40. The Labute approximate surface area is 179 Å². The van der Waals surface area contributed by atoms with E-state index in [1.54, 1.807) is 12.1 Å². The molecule has 140 valence electrons. The number of rotatable bonds is 4. The Kier molecular flexibility index (Phi) is 5.48. The lowest BCUT2D eigenvalue weighted by Gasteiger charge is -2.02. The van der Waals surface area contributed by atoms with Gasteiger partial charge in [-0.25, -0.2) is 4.68 Å². The molecule has 0 amide bonds. The third-order valence-corrected chi connectivity index (χ3v) is 4.96. The Morgan fingerprint density at radius 2 is 1.48 bits per heavy atom. The van der Waals surface area contributed by atoms with Crippen molar-refractivity contribution in [3.05, 3.63) is 106 Å². The van der Waals surface area contributed by atoms with E-state index in [1.807, 2.05) is 83.7 Å². The molecule has 0 atom stereocenters. The highest BCUT2D eigenvalue weighted by Crippen LogP contribution is 2.29. The minimum absolute atomic E-state index is 0.532. The van der Waals surface area contributed by atoms with E-state index in [0.717, 1.165) is 28.1 Å². The van der Waals surface area contributed by atoms with E-state index in [4.69, 9.17) is 28.3 Å². The molecule has 3 aromatic carbocycles. The van der Waals surface area contributed by atoms with Crippen LogP contribution in [0.2, 0.25) is 10.0 Å². The molecular formula is C24H15Cl2N3. The number of halogens is 2. The molecule has 4 rings (SSSR count). The Morgan fingerprint density at radius 3 is 2.10 bits per heavy atom. The van der Waals surface area contributed by atoms with Gasteiger partial charge in [-0.1, -0.05) is 65.7 Å². The van der Waals surface area contributed by atoms with Crippen LogP contribution in [-0.4, -0.2) is 9.78 Å². The first-order chi connectivity index (χ1) is 14.1. The van der Waals surface area contributed by atoms with E-state index in [9.17, 15) is 5.26 Å². The normalized spacial score (nSPS) is 11.3. The maximum Gasteiger partial charge on any atom is 0.1000 e. The first-order valence-electron chi connectivity index (χ1n) is 8.93. The lowest BCUT2D eigenvalue weighted by molar-refractivity contribution is 0.884. The Balaban J connectivity index is 1.86. The molecule has 3 nitrogen and oxygen atoms in total. The number of para-hydroxylation sites is 1. The number of aromatic nitrogens is 2. The zero-order valence-electron chi connectivity index (χ0n) is 15.3. The van der Waals surface area contributed by atoms with Crippen molar-refractivity contribution in [3.63, 3.8) is 0 Å². The second kappa shape index (κ2) is 8.36. The summed E-state index contributed by atoms with van der Waals surface area (Å²) in [4.78, 5) is 0. The maximum atomic E-state index is 9.74. The van der Waals surface area contributed by atoms with Gasteiger partial charge in [0.2, 0.25) is 0 Å². The zero-order chi connectivity index (χ0) is 20.2. The summed E-state index contributed by atoms with van der Waals surface area (Å²) in [5, 5.41) is 15.8. The van der Waals surface area contributed by atoms with Gasteiger partial charge in [0, 0.05) is 27.4 Å². The average Bonchev–Trinajstić information content (AvgIpc) is 3.18. The van der Waals surface area contributed by atoms with Crippen LogP contribution in [0.5, 0.6) is 0 Å². The summed E-state index contributed by atoms with van der Waals surface area (Å²) >= 11 is 12.0. The fourth-order valence-corrected chi connectivity index (χ4v) is 3.26. The standard InChI is InChI=1S/C24H15Cl2N3/c25-21-10-6-17(7-11-21)19(15-27)14-20-16-29(23-4-2-1-3-5-23)28-24(20)18-8-12-22(26)13-9-18/h1-14,16H/b19-14+. The molecule has 0 aliphatic rings. The number of hydrogen-bond acceptors (Lipinski definition) is 2. The maximum absolute atomic E-state index is 9.74. The molecule has 29 heavy (non-hydrogen) atoms. The van der Waals surface area contributed by atoms with E-state index >= 15 is 0 Å². The van der Waals surface area contributed by atoms with Crippen molar-refractivity contribution in [1.82, 2.24) is 9.78 Å². The largest absolute Gasteiger partial charge is 0.240 e. The topological polar surface area (TPSA) is 41.6 Å². The van der Waals surface area contributed by atoms with Gasteiger partial charge in [0.25, 0.3) is 0 Å². The zero-order valence-corrected chi connectivity index (χ0v) is 16.8. The van der Waals surface area contributed by atoms with Gasteiger partial charge in [0.05, 0.1) is 23.0 Å². The van der Waals surface area contributed by atoms with Crippen molar-refractivity contribution in [2.75, 3.05) is 0 Å². The smallest absolute Gasteiger partial charge is 0.1000 e. The van der Waals surface area contributed by atoms with Crippen LogP contribution in [-0.2, 0) is 0 Å². The molecule has 5 heteroatoms. The van der Waals surface area contributed by atoms with Gasteiger partial charge in [-0.2, -0.15) is 10.4 Å². The van der Waals surface area contributed by atoms with Gasteiger partial charge < -0.3 is 0 Å². The Morgan fingerprint density at radius 1 is 0.862 bits per heavy atom. The number of nitrogens with zero attached hydrogens (tertiary/aromatic N) is 3. The molecule has 0 saturated carbocycles. The van der Waals surface area contributed by atoms with Crippen molar-refractivity contribution in [2.24, 2.45) is 0 Å². The summed E-state index contributed by atoms with van der Waals surface area (Å²) in [5.41, 5.74) is 4.79. The molecule has 0 N–H and O–H groups in total. The average molecular weight is 416 g/mol. The summed E-state index contributed by atoms with van der Waals surface area (Å²) in [6, 6.07) is 26.9. The third-order valence-electron chi connectivity index (χ3n) is 4.46. The van der Waals surface area contributed by atoms with Gasteiger partial charge in [0.15, 0.2) is 0 Å². The highest BCUT2D eigenvalue weighted by atomic mass is 35.5. The third kappa shape index (κ3) is 4.25. The van der Waals surface area contributed by atoms with E-state index in [2.05, 4.69) is 6.07 Å². The summed E-state index contributed by atoms with van der Waals surface area (Å²) < 4.78 is 1.81. The van der Waals surface area contributed by atoms with Crippen LogP contribution in [0.1, 0.15) is 11.1 Å². The fraction of sp³-hybridized carbons (Fsp3) is 0. The van der Waals surface area contributed by atoms with Crippen molar-refractivity contribution in [3.8, 4) is 23.0 Å². The van der Waals surface area contributed by atoms with E-state index in [-0.39, 0.29) is 0 Å². The molecule has 0 aliphatic heterocycles. The first-order valence-corrected chi connectivity index (χ1v) is 9.68. The van der Waals surface area contributed by atoms with Gasteiger partial charge in [-0.3, -0.25) is 0 Å². The van der Waals surface area contributed by atoms with Crippen LogP contribution in [0.25, 0.3) is 28.6 Å². The quantitative estimate of drug-likeness (QED) is 0.339. The molecule has 1 aromatic heterocycles. The first kappa shape index (κ1) is 19.0. The number of allylic oxidation sites excluding steroid dienone is 1. The minimum atomic E-state index is 0.532. The molecule has 0 fully saturated rings. The molecule has 4 aromatic rings. The summed E-state index contributed by atoms with van der Waals surface area (Å²) in [6.45, 7) is 0. The molecule has 0 bridgehead atoms. The lowest BCUT2D eigenvalue weighted by Crippen LogP contribution is -1.93. The van der Waals surface area contributed by atoms with Crippen LogP contribution < -0.4 is 0 Å². The molecule has 1 heterocycles. The monoisotopic (exact) mass is 415 g/mol. The van der Waals surface area contributed by atoms with Crippen LogP contribution in [0.15, 0.2) is 85.1 Å². The Bertz CT molecular complexity index is 1200. The van der Waals surface area contributed by atoms with Crippen molar-refractivity contribution in [2.45, 2.75) is 0 Å². The van der Waals surface area contributed by atoms with Gasteiger partial charge in [0.1, 0.15) is 0 Å². The second-order valence-corrected chi connectivity index (χ2v) is 7.27. The summed E-state index contributed by atoms with van der Waals surface area (Å²) in [6.07, 6.45) is 3.77. The molecule has 0 aliphatic carbocycles. The van der Waals surface area contributed by atoms with Gasteiger partial charge in [-0.15, -0.1) is 0 Å². The number of benzene rings is 3. The molecule has 0 unspecified atom stereocenters. The Hall–Kier alpha value is -3.32. The van der Waals surface area contributed by atoms with E-state index in [0.29, 0.717) is 15.6 Å². The van der Waals surface area contributed by atoms with Gasteiger partial charge in [-0.05, 0) is 48.0 Å². The highest BCUT2D eigenvalue weighted by molar-refractivity contribution is 6.30. The number of hydrogen-bond donors (Lipinski definition) is 0. The van der Waals surface area contributed by atoms with Crippen LogP contribution >= 0.6 is 23.2 Å². The molecule has 0 saturated heterocycles. The molecule has 0 spiro atoms. The molecule has 0 radical (unpaired) electrons. The predicted molar refractivity (Wildman–Crippen MR) is 119 cm³/mol. The van der Waals surface area contributed by atoms with Crippen LogP contribution in [0.3, 0.4) is 0 Å². The van der Waals surface area contributed by atoms with Crippen LogP contribution in [0, 0.1) is 11.3 Å². The van der Waals surface area contributed by atoms with Crippen molar-refractivity contribution in [1.29, 1.82) is 5.26 Å². The summed E-state index contributed by atoms with van der Waals surface area (Å²) in [5.74, 6) is 0. The predicted octanol–water partition coefficient (Wildman–Crippen LogP) is 6.91. The lowest BCUT2D eigenvalue weighted by atomic mass is 10.0. The SMILES string of the molecule is N#C/C(=C\c1cn(-c2ccccc2)nc1-c1ccc(Cl)cc1)c1ccc(Cl)cc1. The van der Waals surface area contributed by atoms with Crippen molar-refractivity contribution >= 4 is 34.9 Å². The minimum Gasteiger partial charge on any atom is -0.240 e. The van der Waals surface area contributed by atoms with Gasteiger partial charge >= 0.3 is 0 Å². The molecular weight excluding hydrogens is 401 g/mol. The van der Waals surface area contributed by atoms with Crippen molar-refractivity contribution < 1.29 is 0 Å². The van der Waals surface area contributed by atoms with E-state index in [1.165, 1.54) is 0 Å². The highest BCUT2D eigenvalue weighted by Gasteiger charge is 2.13. The fourth-order valence-electron chi connectivity index (χ4n) is 3.00. The van der Waals surface area contributed by atoms with E-state index < -0.39 is 0 Å². The summed E-state index contributed by atoms with van der Waals surface area (Å²) in [7, 11) is 0. The van der Waals surface area contributed by atoms with Crippen LogP contribution in [0.4, 0.5) is 0 Å².